The Morgan fingerprint density at radius 2 is 2.04 bits per heavy atom. The lowest BCUT2D eigenvalue weighted by Crippen LogP contribution is -2.24. The van der Waals surface area contributed by atoms with Crippen LogP contribution in [0.4, 0.5) is 5.95 Å². The maximum absolute atomic E-state index is 6.08. The molecule has 4 heterocycles. The minimum absolute atomic E-state index is 0.0350. The van der Waals surface area contributed by atoms with E-state index < -0.39 is 0 Å². The first-order chi connectivity index (χ1) is 11.7. The van der Waals surface area contributed by atoms with Crippen molar-refractivity contribution < 1.29 is 4.52 Å². The fraction of sp³-hybridized carbons (Fsp3) is 0.312. The van der Waals surface area contributed by atoms with Gasteiger partial charge in [-0.05, 0) is 31.9 Å². The molecule has 1 atom stereocenters. The highest BCUT2D eigenvalue weighted by molar-refractivity contribution is 6.29. The van der Waals surface area contributed by atoms with Crippen LogP contribution in [-0.4, -0.2) is 31.6 Å². The van der Waals surface area contributed by atoms with Crippen LogP contribution >= 0.6 is 11.6 Å². The van der Waals surface area contributed by atoms with Crippen LogP contribution in [0.15, 0.2) is 35.1 Å². The molecule has 0 spiro atoms. The smallest absolute Gasteiger partial charge is 0.227 e. The lowest BCUT2D eigenvalue weighted by molar-refractivity contribution is 0.362. The van der Waals surface area contributed by atoms with Gasteiger partial charge in [0.25, 0.3) is 0 Å². The van der Waals surface area contributed by atoms with Crippen molar-refractivity contribution in [3.05, 3.63) is 47.2 Å². The third-order valence-electron chi connectivity index (χ3n) is 3.97. The van der Waals surface area contributed by atoms with Crippen molar-refractivity contribution >= 4 is 17.5 Å². The highest BCUT2D eigenvalue weighted by atomic mass is 35.5. The third kappa shape index (κ3) is 2.82. The molecule has 3 aromatic heterocycles. The van der Waals surface area contributed by atoms with Gasteiger partial charge in [0.2, 0.25) is 5.95 Å². The van der Waals surface area contributed by atoms with Gasteiger partial charge in [-0.1, -0.05) is 16.8 Å². The Morgan fingerprint density at radius 1 is 1.21 bits per heavy atom. The van der Waals surface area contributed by atoms with E-state index in [4.69, 9.17) is 16.1 Å². The highest BCUT2D eigenvalue weighted by Gasteiger charge is 2.31. The van der Waals surface area contributed by atoms with Crippen molar-refractivity contribution in [1.82, 2.24) is 25.1 Å². The molecule has 122 valence electrons. The van der Waals surface area contributed by atoms with Crippen molar-refractivity contribution in [3.63, 3.8) is 0 Å². The molecule has 0 aliphatic carbocycles. The number of aromatic nitrogens is 5. The zero-order chi connectivity index (χ0) is 16.5. The van der Waals surface area contributed by atoms with Gasteiger partial charge in [0.1, 0.15) is 5.15 Å². The molecule has 0 saturated carbocycles. The predicted octanol–water partition coefficient (Wildman–Crippen LogP) is 3.22. The summed E-state index contributed by atoms with van der Waals surface area (Å²) in [5, 5.41) is 4.54. The monoisotopic (exact) mass is 342 g/mol. The zero-order valence-electron chi connectivity index (χ0n) is 13.1. The molecule has 7 nitrogen and oxygen atoms in total. The number of aryl methyl sites for hydroxylation is 1. The molecule has 0 amide bonds. The van der Waals surface area contributed by atoms with Gasteiger partial charge in [0.05, 0.1) is 6.04 Å². The van der Waals surface area contributed by atoms with Gasteiger partial charge in [0, 0.05) is 30.7 Å². The Morgan fingerprint density at radius 3 is 2.83 bits per heavy atom. The van der Waals surface area contributed by atoms with E-state index >= 15 is 0 Å². The molecule has 0 radical (unpaired) electrons. The lowest BCUT2D eigenvalue weighted by atomic mass is 10.1. The van der Waals surface area contributed by atoms with Crippen LogP contribution in [0, 0.1) is 6.92 Å². The van der Waals surface area contributed by atoms with Crippen molar-refractivity contribution in [2.24, 2.45) is 0 Å². The molecule has 0 aromatic carbocycles. The quantitative estimate of drug-likeness (QED) is 0.676. The number of hydrogen-bond donors (Lipinski definition) is 0. The molecule has 0 N–H and O–H groups in total. The minimum atomic E-state index is 0.0350. The van der Waals surface area contributed by atoms with Crippen LogP contribution in [0.1, 0.15) is 30.3 Å². The fourth-order valence-corrected chi connectivity index (χ4v) is 3.16. The summed E-state index contributed by atoms with van der Waals surface area (Å²) >= 11 is 6.08. The van der Waals surface area contributed by atoms with E-state index in [9.17, 15) is 0 Å². The summed E-state index contributed by atoms with van der Waals surface area (Å²) in [5.74, 6) is 1.93. The summed E-state index contributed by atoms with van der Waals surface area (Å²) in [5.41, 5.74) is 1.47. The molecule has 4 rings (SSSR count). The molecule has 0 bridgehead atoms. The molecular formula is C16H15ClN6O. The standard InChI is InChI=1S/C16H15ClN6O/c1-10-8-14(17)21-16(20-10)23-7-2-4-12(23)13-9-11(22-24-13)15-18-5-3-6-19-15/h3,5-6,8-9,12H,2,4,7H2,1H3/t12-/m0/s1. The molecule has 24 heavy (non-hydrogen) atoms. The second kappa shape index (κ2) is 6.16. The maximum atomic E-state index is 6.08. The third-order valence-corrected chi connectivity index (χ3v) is 4.17. The normalized spacial score (nSPS) is 17.4. The SMILES string of the molecule is Cc1cc(Cl)nc(N2CCC[C@H]2c2cc(-c3ncccn3)no2)n1. The second-order valence-electron chi connectivity index (χ2n) is 5.67. The summed E-state index contributed by atoms with van der Waals surface area (Å²) in [6, 6.07) is 5.43. The van der Waals surface area contributed by atoms with Gasteiger partial charge in [-0.15, -0.1) is 0 Å². The number of rotatable bonds is 3. The summed E-state index contributed by atoms with van der Waals surface area (Å²) in [6.45, 7) is 2.75. The van der Waals surface area contributed by atoms with Crippen molar-refractivity contribution in [3.8, 4) is 11.5 Å². The van der Waals surface area contributed by atoms with Crippen LogP contribution < -0.4 is 4.90 Å². The van der Waals surface area contributed by atoms with Crippen molar-refractivity contribution in [2.75, 3.05) is 11.4 Å². The summed E-state index contributed by atoms with van der Waals surface area (Å²) < 4.78 is 5.55. The van der Waals surface area contributed by atoms with Gasteiger partial charge >= 0.3 is 0 Å². The average molecular weight is 343 g/mol. The van der Waals surface area contributed by atoms with Gasteiger partial charge in [0.15, 0.2) is 17.3 Å². The lowest BCUT2D eigenvalue weighted by Gasteiger charge is -2.22. The number of halogens is 1. The molecule has 3 aromatic rings. The largest absolute Gasteiger partial charge is 0.358 e. The fourth-order valence-electron chi connectivity index (χ4n) is 2.93. The van der Waals surface area contributed by atoms with Crippen LogP contribution in [-0.2, 0) is 0 Å². The topological polar surface area (TPSA) is 80.8 Å². The van der Waals surface area contributed by atoms with Gasteiger partial charge in [-0.2, -0.15) is 0 Å². The molecular weight excluding hydrogens is 328 g/mol. The van der Waals surface area contributed by atoms with E-state index in [-0.39, 0.29) is 6.04 Å². The van der Waals surface area contributed by atoms with Crippen LogP contribution in [0.5, 0.6) is 0 Å². The molecule has 8 heteroatoms. The van der Waals surface area contributed by atoms with E-state index in [1.807, 2.05) is 13.0 Å². The van der Waals surface area contributed by atoms with E-state index in [1.165, 1.54) is 0 Å². The highest BCUT2D eigenvalue weighted by Crippen LogP contribution is 2.36. The Labute approximate surface area is 143 Å². The Bertz CT molecular complexity index is 833. The van der Waals surface area contributed by atoms with Crippen LogP contribution in [0.25, 0.3) is 11.5 Å². The summed E-state index contributed by atoms with van der Waals surface area (Å²) in [7, 11) is 0. The molecule has 1 aliphatic heterocycles. The van der Waals surface area contributed by atoms with Gasteiger partial charge < -0.3 is 9.42 Å². The van der Waals surface area contributed by atoms with Crippen molar-refractivity contribution in [2.45, 2.75) is 25.8 Å². The van der Waals surface area contributed by atoms with E-state index in [0.717, 1.165) is 30.8 Å². The molecule has 0 unspecified atom stereocenters. The number of anilines is 1. The van der Waals surface area contributed by atoms with Gasteiger partial charge in [-0.3, -0.25) is 0 Å². The van der Waals surface area contributed by atoms with Crippen LogP contribution in [0.3, 0.4) is 0 Å². The molecule has 1 aliphatic rings. The minimum Gasteiger partial charge on any atom is -0.358 e. The second-order valence-corrected chi connectivity index (χ2v) is 6.06. The van der Waals surface area contributed by atoms with E-state index in [0.29, 0.717) is 22.6 Å². The number of nitrogens with zero attached hydrogens (tertiary/aromatic N) is 6. The van der Waals surface area contributed by atoms with E-state index in [2.05, 4.69) is 30.0 Å². The van der Waals surface area contributed by atoms with Crippen LogP contribution in [0.2, 0.25) is 5.15 Å². The Kier molecular flexibility index (Phi) is 3.86. The van der Waals surface area contributed by atoms with E-state index in [1.54, 1.807) is 24.5 Å². The zero-order valence-corrected chi connectivity index (χ0v) is 13.8. The first-order valence-corrected chi connectivity index (χ1v) is 8.10. The predicted molar refractivity (Wildman–Crippen MR) is 88.6 cm³/mol. The molecule has 1 saturated heterocycles. The summed E-state index contributed by atoms with van der Waals surface area (Å²) in [4.78, 5) is 19.4. The first kappa shape index (κ1) is 15.0. The Balaban J connectivity index is 1.65. The summed E-state index contributed by atoms with van der Waals surface area (Å²) in [6.07, 6.45) is 5.33. The first-order valence-electron chi connectivity index (χ1n) is 7.72. The molecule has 1 fully saturated rings. The van der Waals surface area contributed by atoms with Crippen molar-refractivity contribution in [1.29, 1.82) is 0 Å². The average Bonchev–Trinajstić information content (AvgIpc) is 3.24. The Hall–Kier alpha value is -2.54. The van der Waals surface area contributed by atoms with Gasteiger partial charge in [-0.25, -0.2) is 19.9 Å². The number of hydrogen-bond acceptors (Lipinski definition) is 7. The maximum Gasteiger partial charge on any atom is 0.227 e.